The zero-order chi connectivity index (χ0) is 13.1. The van der Waals surface area contributed by atoms with E-state index in [0.717, 1.165) is 58.3 Å². The molecule has 1 unspecified atom stereocenters. The summed E-state index contributed by atoms with van der Waals surface area (Å²) in [4.78, 5) is 16.6. The molecule has 0 bridgehead atoms. The maximum atomic E-state index is 12.1. The molecule has 0 spiro atoms. The van der Waals surface area contributed by atoms with Gasteiger partial charge in [0, 0.05) is 32.2 Å². The van der Waals surface area contributed by atoms with Gasteiger partial charge in [-0.15, -0.1) is 0 Å². The second-order valence-electron chi connectivity index (χ2n) is 6.00. The first-order chi connectivity index (χ1) is 9.33. The standard InChI is InChI=1S/C14H25N3O2/c18-14(10-15-9-12-1-2-12)17-4-3-13(11-17)16-5-7-19-8-6-16/h12-13,15H,1-11H2. The smallest absolute Gasteiger partial charge is 0.236 e. The van der Waals surface area contributed by atoms with E-state index in [2.05, 4.69) is 10.2 Å². The molecular weight excluding hydrogens is 242 g/mol. The van der Waals surface area contributed by atoms with Gasteiger partial charge in [-0.05, 0) is 31.7 Å². The van der Waals surface area contributed by atoms with Crippen LogP contribution in [0.25, 0.3) is 0 Å². The van der Waals surface area contributed by atoms with E-state index in [1.54, 1.807) is 0 Å². The zero-order valence-corrected chi connectivity index (χ0v) is 11.6. The zero-order valence-electron chi connectivity index (χ0n) is 11.6. The van der Waals surface area contributed by atoms with Crippen LogP contribution in [0.3, 0.4) is 0 Å². The van der Waals surface area contributed by atoms with Gasteiger partial charge in [0.25, 0.3) is 0 Å². The molecular formula is C14H25N3O2. The second kappa shape index (κ2) is 6.20. The van der Waals surface area contributed by atoms with Crippen molar-refractivity contribution in [3.63, 3.8) is 0 Å². The topological polar surface area (TPSA) is 44.8 Å². The van der Waals surface area contributed by atoms with Crippen LogP contribution in [0.5, 0.6) is 0 Å². The van der Waals surface area contributed by atoms with Gasteiger partial charge in [-0.2, -0.15) is 0 Å². The minimum Gasteiger partial charge on any atom is -0.379 e. The lowest BCUT2D eigenvalue weighted by Crippen LogP contribution is -2.46. The summed E-state index contributed by atoms with van der Waals surface area (Å²) in [5.74, 6) is 1.11. The Balaban J connectivity index is 1.38. The highest BCUT2D eigenvalue weighted by molar-refractivity contribution is 5.78. The first-order valence-corrected chi connectivity index (χ1v) is 7.63. The lowest BCUT2D eigenvalue weighted by atomic mass is 10.2. The van der Waals surface area contributed by atoms with Crippen LogP contribution >= 0.6 is 0 Å². The minimum absolute atomic E-state index is 0.274. The Hall–Kier alpha value is -0.650. The van der Waals surface area contributed by atoms with Gasteiger partial charge in [0.05, 0.1) is 19.8 Å². The summed E-state index contributed by atoms with van der Waals surface area (Å²) < 4.78 is 5.38. The third kappa shape index (κ3) is 3.68. The molecule has 108 valence electrons. The highest BCUT2D eigenvalue weighted by atomic mass is 16.5. The van der Waals surface area contributed by atoms with Crippen molar-refractivity contribution in [1.29, 1.82) is 0 Å². The molecule has 1 amide bonds. The van der Waals surface area contributed by atoms with Crippen LogP contribution in [0.2, 0.25) is 0 Å². The van der Waals surface area contributed by atoms with Crippen molar-refractivity contribution < 1.29 is 9.53 Å². The number of nitrogens with one attached hydrogen (secondary N) is 1. The fourth-order valence-corrected chi connectivity index (χ4v) is 3.03. The summed E-state index contributed by atoms with van der Waals surface area (Å²) >= 11 is 0. The van der Waals surface area contributed by atoms with Gasteiger partial charge < -0.3 is 15.0 Å². The third-order valence-electron chi connectivity index (χ3n) is 4.48. The minimum atomic E-state index is 0.274. The van der Waals surface area contributed by atoms with Crippen molar-refractivity contribution in [3.05, 3.63) is 0 Å². The largest absolute Gasteiger partial charge is 0.379 e. The summed E-state index contributed by atoms with van der Waals surface area (Å²) in [5, 5.41) is 3.29. The van der Waals surface area contributed by atoms with Gasteiger partial charge in [-0.1, -0.05) is 0 Å². The van der Waals surface area contributed by atoms with Crippen molar-refractivity contribution in [2.24, 2.45) is 5.92 Å². The first-order valence-electron chi connectivity index (χ1n) is 7.63. The van der Waals surface area contributed by atoms with E-state index in [4.69, 9.17) is 4.74 Å². The molecule has 1 aliphatic carbocycles. The molecule has 0 aromatic rings. The predicted octanol–water partition coefficient (Wildman–Crippen LogP) is -0.0809. The molecule has 1 atom stereocenters. The Morgan fingerprint density at radius 1 is 1.16 bits per heavy atom. The molecule has 5 nitrogen and oxygen atoms in total. The van der Waals surface area contributed by atoms with Gasteiger partial charge in [0.15, 0.2) is 0 Å². The number of ether oxygens (including phenoxy) is 1. The number of hydrogen-bond donors (Lipinski definition) is 1. The van der Waals surface area contributed by atoms with Crippen LogP contribution < -0.4 is 5.32 Å². The van der Waals surface area contributed by atoms with E-state index in [1.165, 1.54) is 12.8 Å². The van der Waals surface area contributed by atoms with E-state index in [9.17, 15) is 4.79 Å². The molecule has 2 saturated heterocycles. The maximum Gasteiger partial charge on any atom is 0.236 e. The molecule has 3 fully saturated rings. The number of morpholine rings is 1. The van der Waals surface area contributed by atoms with Crippen LogP contribution in [-0.4, -0.2) is 74.2 Å². The number of likely N-dealkylation sites (tertiary alicyclic amines) is 1. The molecule has 5 heteroatoms. The fourth-order valence-electron chi connectivity index (χ4n) is 3.03. The summed E-state index contributed by atoms with van der Waals surface area (Å²) in [5.41, 5.74) is 0. The molecule has 1 N–H and O–H groups in total. The van der Waals surface area contributed by atoms with Crippen molar-refractivity contribution in [3.8, 4) is 0 Å². The highest BCUT2D eigenvalue weighted by Crippen LogP contribution is 2.27. The van der Waals surface area contributed by atoms with Gasteiger partial charge in [0.1, 0.15) is 0 Å². The SMILES string of the molecule is O=C(CNCC1CC1)N1CCC(N2CCOCC2)C1. The lowest BCUT2D eigenvalue weighted by Gasteiger charge is -2.32. The van der Waals surface area contributed by atoms with Gasteiger partial charge >= 0.3 is 0 Å². The van der Waals surface area contributed by atoms with Crippen molar-refractivity contribution in [2.75, 3.05) is 52.5 Å². The van der Waals surface area contributed by atoms with Crippen LogP contribution in [-0.2, 0) is 9.53 Å². The number of amides is 1. The lowest BCUT2D eigenvalue weighted by molar-refractivity contribution is -0.129. The van der Waals surface area contributed by atoms with Crippen LogP contribution in [0, 0.1) is 5.92 Å². The average molecular weight is 267 g/mol. The summed E-state index contributed by atoms with van der Waals surface area (Å²) in [6.07, 6.45) is 3.79. The fraction of sp³-hybridized carbons (Fsp3) is 0.929. The van der Waals surface area contributed by atoms with Gasteiger partial charge in [0.2, 0.25) is 5.91 Å². The quantitative estimate of drug-likeness (QED) is 0.757. The predicted molar refractivity (Wildman–Crippen MR) is 73.0 cm³/mol. The Morgan fingerprint density at radius 3 is 2.68 bits per heavy atom. The maximum absolute atomic E-state index is 12.1. The van der Waals surface area contributed by atoms with Crippen molar-refractivity contribution in [1.82, 2.24) is 15.1 Å². The second-order valence-corrected chi connectivity index (χ2v) is 6.00. The van der Waals surface area contributed by atoms with E-state index in [0.29, 0.717) is 12.6 Å². The average Bonchev–Trinajstić information content (AvgIpc) is 3.13. The van der Waals surface area contributed by atoms with E-state index in [-0.39, 0.29) is 5.91 Å². The molecule has 0 radical (unpaired) electrons. The van der Waals surface area contributed by atoms with Gasteiger partial charge in [-0.3, -0.25) is 9.69 Å². The molecule has 3 rings (SSSR count). The highest BCUT2D eigenvalue weighted by Gasteiger charge is 2.31. The first kappa shape index (κ1) is 13.3. The number of rotatable bonds is 5. The van der Waals surface area contributed by atoms with E-state index >= 15 is 0 Å². The summed E-state index contributed by atoms with van der Waals surface area (Å²) in [6.45, 7) is 7.09. The van der Waals surface area contributed by atoms with Crippen LogP contribution in [0.15, 0.2) is 0 Å². The molecule has 0 aromatic heterocycles. The molecule has 0 aromatic carbocycles. The van der Waals surface area contributed by atoms with E-state index < -0.39 is 0 Å². The number of carbonyl (C=O) groups is 1. The molecule has 2 aliphatic heterocycles. The Morgan fingerprint density at radius 2 is 1.95 bits per heavy atom. The Kier molecular flexibility index (Phi) is 4.35. The van der Waals surface area contributed by atoms with Gasteiger partial charge in [-0.25, -0.2) is 0 Å². The normalized spacial score (nSPS) is 28.8. The van der Waals surface area contributed by atoms with E-state index in [1.807, 2.05) is 4.90 Å². The molecule has 3 aliphatic rings. The number of nitrogens with zero attached hydrogens (tertiary/aromatic N) is 2. The third-order valence-corrected chi connectivity index (χ3v) is 4.48. The monoisotopic (exact) mass is 267 g/mol. The van der Waals surface area contributed by atoms with Crippen molar-refractivity contribution in [2.45, 2.75) is 25.3 Å². The number of carbonyl (C=O) groups excluding carboxylic acids is 1. The van der Waals surface area contributed by atoms with Crippen molar-refractivity contribution >= 4 is 5.91 Å². The van der Waals surface area contributed by atoms with Crippen LogP contribution in [0.1, 0.15) is 19.3 Å². The number of hydrogen-bond acceptors (Lipinski definition) is 4. The molecule has 2 heterocycles. The Labute approximate surface area is 115 Å². The van der Waals surface area contributed by atoms with Crippen LogP contribution in [0.4, 0.5) is 0 Å². The molecule has 1 saturated carbocycles. The Bertz CT molecular complexity index is 314. The molecule has 19 heavy (non-hydrogen) atoms. The summed E-state index contributed by atoms with van der Waals surface area (Å²) in [7, 11) is 0. The summed E-state index contributed by atoms with van der Waals surface area (Å²) in [6, 6.07) is 0.552.